The fraction of sp³-hybridized carbons (Fsp3) is 0.190. The summed E-state index contributed by atoms with van der Waals surface area (Å²) in [6.45, 7) is 5.96. The van der Waals surface area contributed by atoms with Gasteiger partial charge in [0, 0.05) is 28.2 Å². The number of esters is 1. The van der Waals surface area contributed by atoms with Crippen LogP contribution in [0.2, 0.25) is 5.02 Å². The van der Waals surface area contributed by atoms with E-state index in [9.17, 15) is 4.79 Å². The van der Waals surface area contributed by atoms with Crippen molar-refractivity contribution in [1.29, 1.82) is 0 Å². The molecule has 3 aromatic rings. The standard InChI is InChI=1S/C21H21ClN4O2/c1-4-28-20(27)15-8-10-16(11-9-15)24-19-12-13(2)23-21(26-19)25-18-7-5-6-17(22)14(18)3/h5-12H,4H2,1-3H3,(H2,23,24,25,26). The van der Waals surface area contributed by atoms with Crippen LogP contribution in [0.5, 0.6) is 0 Å². The predicted octanol–water partition coefficient (Wildman–Crippen LogP) is 5.41. The molecule has 0 fully saturated rings. The number of hydrogen-bond donors (Lipinski definition) is 2. The molecule has 1 heterocycles. The van der Waals surface area contributed by atoms with Gasteiger partial charge in [0.2, 0.25) is 5.95 Å². The number of nitrogens with zero attached hydrogens (tertiary/aromatic N) is 2. The first-order valence-electron chi connectivity index (χ1n) is 8.88. The van der Waals surface area contributed by atoms with Crippen molar-refractivity contribution in [1.82, 2.24) is 9.97 Å². The van der Waals surface area contributed by atoms with Crippen LogP contribution < -0.4 is 10.6 Å². The summed E-state index contributed by atoms with van der Waals surface area (Å²) in [5, 5.41) is 7.11. The lowest BCUT2D eigenvalue weighted by atomic mass is 10.2. The number of carbonyl (C=O) groups is 1. The smallest absolute Gasteiger partial charge is 0.338 e. The molecular weight excluding hydrogens is 376 g/mol. The van der Waals surface area contributed by atoms with Gasteiger partial charge in [-0.3, -0.25) is 0 Å². The molecule has 0 amide bonds. The zero-order chi connectivity index (χ0) is 20.1. The molecule has 0 saturated heterocycles. The first-order chi connectivity index (χ1) is 13.5. The summed E-state index contributed by atoms with van der Waals surface area (Å²) < 4.78 is 4.99. The molecule has 0 radical (unpaired) electrons. The number of carbonyl (C=O) groups excluding carboxylic acids is 1. The van der Waals surface area contributed by atoms with Gasteiger partial charge in [-0.2, -0.15) is 4.98 Å². The molecule has 1 aromatic heterocycles. The van der Waals surface area contributed by atoms with Crippen molar-refractivity contribution in [2.75, 3.05) is 17.2 Å². The molecule has 0 aliphatic carbocycles. The quantitative estimate of drug-likeness (QED) is 0.542. The van der Waals surface area contributed by atoms with Crippen LogP contribution in [0.4, 0.5) is 23.1 Å². The molecule has 2 N–H and O–H groups in total. The fourth-order valence-corrected chi connectivity index (χ4v) is 2.78. The van der Waals surface area contributed by atoms with Crippen LogP contribution in [-0.2, 0) is 4.74 Å². The average Bonchev–Trinajstić information content (AvgIpc) is 2.66. The van der Waals surface area contributed by atoms with Gasteiger partial charge in [0.25, 0.3) is 0 Å². The topological polar surface area (TPSA) is 76.1 Å². The largest absolute Gasteiger partial charge is 0.462 e. The summed E-state index contributed by atoms with van der Waals surface area (Å²) in [6, 6.07) is 14.5. The molecule has 6 nitrogen and oxygen atoms in total. The Morgan fingerprint density at radius 2 is 1.82 bits per heavy atom. The Morgan fingerprint density at radius 1 is 1.07 bits per heavy atom. The Morgan fingerprint density at radius 3 is 2.54 bits per heavy atom. The second-order valence-corrected chi connectivity index (χ2v) is 6.59. The second-order valence-electron chi connectivity index (χ2n) is 6.18. The van der Waals surface area contributed by atoms with Crippen LogP contribution >= 0.6 is 11.6 Å². The van der Waals surface area contributed by atoms with Gasteiger partial charge in [0.05, 0.1) is 12.2 Å². The first kappa shape index (κ1) is 19.6. The lowest BCUT2D eigenvalue weighted by Crippen LogP contribution is -2.05. The van der Waals surface area contributed by atoms with Crippen molar-refractivity contribution in [2.45, 2.75) is 20.8 Å². The van der Waals surface area contributed by atoms with E-state index in [1.807, 2.05) is 38.1 Å². The third kappa shape index (κ3) is 4.78. The number of benzene rings is 2. The average molecular weight is 397 g/mol. The summed E-state index contributed by atoms with van der Waals surface area (Å²) in [5.41, 5.74) is 3.89. The van der Waals surface area contributed by atoms with Crippen molar-refractivity contribution in [2.24, 2.45) is 0 Å². The van der Waals surface area contributed by atoms with Crippen molar-refractivity contribution in [3.05, 3.63) is 70.4 Å². The third-order valence-electron chi connectivity index (χ3n) is 4.04. The molecule has 0 spiro atoms. The van der Waals surface area contributed by atoms with Gasteiger partial charge in [-0.05, 0) is 62.7 Å². The maximum absolute atomic E-state index is 11.7. The SMILES string of the molecule is CCOC(=O)c1ccc(Nc2cc(C)nc(Nc3cccc(Cl)c3C)n2)cc1. The van der Waals surface area contributed by atoms with Gasteiger partial charge in [-0.25, -0.2) is 9.78 Å². The van der Waals surface area contributed by atoms with Crippen LogP contribution in [0.15, 0.2) is 48.5 Å². The van der Waals surface area contributed by atoms with E-state index < -0.39 is 0 Å². The lowest BCUT2D eigenvalue weighted by Gasteiger charge is -2.12. The van der Waals surface area contributed by atoms with E-state index in [2.05, 4.69) is 20.6 Å². The van der Waals surface area contributed by atoms with Gasteiger partial charge >= 0.3 is 5.97 Å². The molecule has 7 heteroatoms. The number of rotatable bonds is 6. The van der Waals surface area contributed by atoms with E-state index in [4.69, 9.17) is 16.3 Å². The fourth-order valence-electron chi connectivity index (χ4n) is 2.60. The maximum atomic E-state index is 11.7. The summed E-state index contributed by atoms with van der Waals surface area (Å²) in [4.78, 5) is 20.7. The summed E-state index contributed by atoms with van der Waals surface area (Å²) in [5.74, 6) is 0.768. The normalized spacial score (nSPS) is 10.4. The number of hydrogen-bond acceptors (Lipinski definition) is 6. The molecule has 144 valence electrons. The highest BCUT2D eigenvalue weighted by atomic mass is 35.5. The Kier molecular flexibility index (Phi) is 6.11. The number of anilines is 4. The molecular formula is C21H21ClN4O2. The predicted molar refractivity (Wildman–Crippen MR) is 112 cm³/mol. The van der Waals surface area contributed by atoms with Crippen LogP contribution in [0.1, 0.15) is 28.5 Å². The van der Waals surface area contributed by atoms with Gasteiger partial charge in [-0.15, -0.1) is 0 Å². The third-order valence-corrected chi connectivity index (χ3v) is 4.45. The van der Waals surface area contributed by atoms with Crippen LogP contribution in [0.25, 0.3) is 0 Å². The first-order valence-corrected chi connectivity index (χ1v) is 9.26. The molecule has 3 rings (SSSR count). The summed E-state index contributed by atoms with van der Waals surface area (Å²) >= 11 is 6.18. The van der Waals surface area contributed by atoms with E-state index >= 15 is 0 Å². The van der Waals surface area contributed by atoms with E-state index in [0.29, 0.717) is 29.0 Å². The van der Waals surface area contributed by atoms with Crippen LogP contribution in [-0.4, -0.2) is 22.5 Å². The van der Waals surface area contributed by atoms with Gasteiger partial charge in [0.1, 0.15) is 5.82 Å². The molecule has 0 aliphatic rings. The Bertz CT molecular complexity index is 990. The minimum atomic E-state index is -0.338. The van der Waals surface area contributed by atoms with Gasteiger partial charge in [0.15, 0.2) is 0 Å². The molecule has 0 aliphatic heterocycles. The molecule has 0 bridgehead atoms. The highest BCUT2D eigenvalue weighted by Gasteiger charge is 2.08. The minimum Gasteiger partial charge on any atom is -0.462 e. The van der Waals surface area contributed by atoms with Crippen molar-refractivity contribution < 1.29 is 9.53 Å². The second kappa shape index (κ2) is 8.71. The van der Waals surface area contributed by atoms with Crippen molar-refractivity contribution in [3.63, 3.8) is 0 Å². The van der Waals surface area contributed by atoms with E-state index in [1.165, 1.54) is 0 Å². The lowest BCUT2D eigenvalue weighted by molar-refractivity contribution is 0.0526. The van der Waals surface area contributed by atoms with Crippen molar-refractivity contribution in [3.8, 4) is 0 Å². The molecule has 0 unspecified atom stereocenters. The van der Waals surface area contributed by atoms with E-state index in [-0.39, 0.29) is 5.97 Å². The van der Waals surface area contributed by atoms with Gasteiger partial charge < -0.3 is 15.4 Å². The highest BCUT2D eigenvalue weighted by Crippen LogP contribution is 2.26. The van der Waals surface area contributed by atoms with Crippen LogP contribution in [0, 0.1) is 13.8 Å². The van der Waals surface area contributed by atoms with Gasteiger partial charge in [-0.1, -0.05) is 17.7 Å². The van der Waals surface area contributed by atoms with E-state index in [0.717, 1.165) is 22.6 Å². The summed E-state index contributed by atoms with van der Waals surface area (Å²) in [7, 11) is 0. The molecule has 0 saturated carbocycles. The number of aryl methyl sites for hydroxylation is 1. The highest BCUT2D eigenvalue weighted by molar-refractivity contribution is 6.31. The number of ether oxygens (including phenoxy) is 1. The number of nitrogens with one attached hydrogen (secondary N) is 2. The number of halogens is 1. The summed E-state index contributed by atoms with van der Waals surface area (Å²) in [6.07, 6.45) is 0. The monoisotopic (exact) mass is 396 g/mol. The molecule has 28 heavy (non-hydrogen) atoms. The van der Waals surface area contributed by atoms with Crippen molar-refractivity contribution >= 4 is 40.7 Å². The Hall–Kier alpha value is -3.12. The van der Waals surface area contributed by atoms with E-state index in [1.54, 1.807) is 31.2 Å². The Balaban J connectivity index is 1.78. The molecule has 2 aromatic carbocycles. The number of aromatic nitrogens is 2. The Labute approximate surface area is 168 Å². The minimum absolute atomic E-state index is 0.338. The molecule has 0 atom stereocenters. The maximum Gasteiger partial charge on any atom is 0.338 e. The van der Waals surface area contributed by atoms with Crippen LogP contribution in [0.3, 0.4) is 0 Å². The zero-order valence-electron chi connectivity index (χ0n) is 15.9. The zero-order valence-corrected chi connectivity index (χ0v) is 16.7.